The first-order valence-corrected chi connectivity index (χ1v) is 16.6. The number of amidine groups is 1. The van der Waals surface area contributed by atoms with Crippen LogP contribution in [0.1, 0.15) is 58.1 Å². The normalized spacial score (nSPS) is 16.4. The van der Waals surface area contributed by atoms with Crippen molar-refractivity contribution in [3.63, 3.8) is 0 Å². The number of anilines is 1. The lowest BCUT2D eigenvalue weighted by atomic mass is 9.85. The van der Waals surface area contributed by atoms with Crippen LogP contribution in [0, 0.1) is 11.2 Å². The van der Waals surface area contributed by atoms with Crippen molar-refractivity contribution >= 4 is 28.6 Å². The molecule has 0 bridgehead atoms. The van der Waals surface area contributed by atoms with E-state index in [9.17, 15) is 22.4 Å². The SMILES string of the molecule is CC(C)c1cc(F)ccc1N1C(=NC(=O)NCC(C)(C)Cc2ccc(-c3ncn(-c4ccc(OC(F)(F)F)cc4)n3)cc2)SCCC1C. The second kappa shape index (κ2) is 14.4. The Bertz CT molecular complexity index is 1750. The number of aliphatic imine (C=N–C) groups is 1. The number of urea groups is 1. The average molecular weight is 683 g/mol. The first-order chi connectivity index (χ1) is 22.7. The van der Waals surface area contributed by atoms with Crippen LogP contribution in [0.5, 0.6) is 5.75 Å². The van der Waals surface area contributed by atoms with Gasteiger partial charge < -0.3 is 15.0 Å². The number of carbonyl (C=O) groups excluding carboxylic acids is 1. The summed E-state index contributed by atoms with van der Waals surface area (Å²) in [4.78, 5) is 23.9. The minimum Gasteiger partial charge on any atom is -0.406 e. The maximum absolute atomic E-state index is 14.1. The fourth-order valence-electron chi connectivity index (χ4n) is 5.49. The van der Waals surface area contributed by atoms with E-state index in [0.29, 0.717) is 29.6 Å². The molecule has 8 nitrogen and oxygen atoms in total. The van der Waals surface area contributed by atoms with Crippen LogP contribution in [-0.4, -0.2) is 50.7 Å². The highest BCUT2D eigenvalue weighted by Gasteiger charge is 2.31. The van der Waals surface area contributed by atoms with Crippen LogP contribution in [0.4, 0.5) is 28.0 Å². The van der Waals surface area contributed by atoms with Crippen LogP contribution in [0.25, 0.3) is 17.1 Å². The van der Waals surface area contributed by atoms with E-state index in [2.05, 4.69) is 50.8 Å². The smallest absolute Gasteiger partial charge is 0.406 e. The first kappa shape index (κ1) is 34.9. The van der Waals surface area contributed by atoms with Crippen LogP contribution in [0.3, 0.4) is 0 Å². The summed E-state index contributed by atoms with van der Waals surface area (Å²) < 4.78 is 56.9. The van der Waals surface area contributed by atoms with Crippen LogP contribution in [0.2, 0.25) is 0 Å². The molecule has 2 heterocycles. The van der Waals surface area contributed by atoms with Gasteiger partial charge >= 0.3 is 12.4 Å². The summed E-state index contributed by atoms with van der Waals surface area (Å²) in [6, 6.07) is 17.6. The number of halogens is 4. The van der Waals surface area contributed by atoms with Crippen LogP contribution < -0.4 is 15.0 Å². The highest BCUT2D eigenvalue weighted by atomic mass is 32.2. The molecule has 1 aliphatic heterocycles. The predicted molar refractivity (Wildman–Crippen MR) is 181 cm³/mol. The molecule has 1 saturated heterocycles. The number of rotatable bonds is 9. The number of carbonyl (C=O) groups is 1. The van der Waals surface area contributed by atoms with Crippen molar-refractivity contribution in [2.24, 2.45) is 10.4 Å². The number of nitrogens with one attached hydrogen (secondary N) is 1. The van der Waals surface area contributed by atoms with Crippen molar-refractivity contribution < 1.29 is 27.1 Å². The van der Waals surface area contributed by atoms with E-state index in [0.717, 1.165) is 34.6 Å². The van der Waals surface area contributed by atoms with Crippen molar-refractivity contribution in [1.29, 1.82) is 0 Å². The third-order valence-electron chi connectivity index (χ3n) is 7.92. The summed E-state index contributed by atoms with van der Waals surface area (Å²) in [5.41, 5.74) is 3.84. The molecule has 1 fully saturated rings. The van der Waals surface area contributed by atoms with Crippen LogP contribution in [-0.2, 0) is 6.42 Å². The Morgan fingerprint density at radius 1 is 1.08 bits per heavy atom. The van der Waals surface area contributed by atoms with Gasteiger partial charge in [0.15, 0.2) is 11.0 Å². The van der Waals surface area contributed by atoms with Crippen molar-refractivity contribution in [3.05, 3.63) is 90.0 Å². The molecule has 0 radical (unpaired) electrons. The Kier molecular flexibility index (Phi) is 10.5. The monoisotopic (exact) mass is 682 g/mol. The highest BCUT2D eigenvalue weighted by Crippen LogP contribution is 2.35. The summed E-state index contributed by atoms with van der Waals surface area (Å²) in [6.07, 6.45) is -1.66. The number of thioether (sulfide) groups is 1. The van der Waals surface area contributed by atoms with Gasteiger partial charge in [0.2, 0.25) is 0 Å². The number of hydrogen-bond donors (Lipinski definition) is 1. The molecule has 0 spiro atoms. The predicted octanol–water partition coefficient (Wildman–Crippen LogP) is 8.76. The zero-order valence-corrected chi connectivity index (χ0v) is 28.2. The molecular formula is C35H38F4N6O2S. The van der Waals surface area contributed by atoms with Gasteiger partial charge in [0.25, 0.3) is 0 Å². The molecule has 2 amide bonds. The zero-order chi connectivity index (χ0) is 34.6. The summed E-state index contributed by atoms with van der Waals surface area (Å²) in [5.74, 6) is 0.806. The third-order valence-corrected chi connectivity index (χ3v) is 8.91. The Hall–Kier alpha value is -4.39. The highest BCUT2D eigenvalue weighted by molar-refractivity contribution is 8.14. The van der Waals surface area contributed by atoms with Gasteiger partial charge in [0.1, 0.15) is 17.9 Å². The van der Waals surface area contributed by atoms with E-state index in [-0.39, 0.29) is 28.9 Å². The molecule has 5 rings (SSSR count). The summed E-state index contributed by atoms with van der Waals surface area (Å²) in [7, 11) is 0. The van der Waals surface area contributed by atoms with Crippen LogP contribution >= 0.6 is 11.8 Å². The lowest BCUT2D eigenvalue weighted by Gasteiger charge is -2.37. The maximum Gasteiger partial charge on any atom is 0.573 e. The Morgan fingerprint density at radius 2 is 1.79 bits per heavy atom. The van der Waals surface area contributed by atoms with Gasteiger partial charge in [0.05, 0.1) is 5.69 Å². The molecule has 48 heavy (non-hydrogen) atoms. The number of ether oxygens (including phenoxy) is 1. The summed E-state index contributed by atoms with van der Waals surface area (Å²) in [6.45, 7) is 10.7. The van der Waals surface area contributed by atoms with Crippen molar-refractivity contribution in [1.82, 2.24) is 20.1 Å². The van der Waals surface area contributed by atoms with Crippen molar-refractivity contribution in [2.45, 2.75) is 65.8 Å². The number of alkyl halides is 3. The van der Waals surface area contributed by atoms with Crippen LogP contribution in [0.15, 0.2) is 78.0 Å². The van der Waals surface area contributed by atoms with Gasteiger partial charge in [-0.25, -0.2) is 18.9 Å². The Balaban J connectivity index is 1.20. The minimum absolute atomic E-state index is 0.101. The molecule has 1 atom stereocenters. The van der Waals surface area contributed by atoms with E-state index in [4.69, 9.17) is 0 Å². The lowest BCUT2D eigenvalue weighted by molar-refractivity contribution is -0.274. The van der Waals surface area contributed by atoms with E-state index in [1.165, 1.54) is 53.1 Å². The molecule has 3 aromatic carbocycles. The van der Waals surface area contributed by atoms with Gasteiger partial charge in [-0.2, -0.15) is 4.99 Å². The number of aromatic nitrogens is 3. The lowest BCUT2D eigenvalue weighted by Crippen LogP contribution is -2.43. The Morgan fingerprint density at radius 3 is 2.46 bits per heavy atom. The fraction of sp³-hybridized carbons (Fsp3) is 0.371. The summed E-state index contributed by atoms with van der Waals surface area (Å²) >= 11 is 1.53. The zero-order valence-electron chi connectivity index (χ0n) is 27.4. The molecule has 0 saturated carbocycles. The average Bonchev–Trinajstić information content (AvgIpc) is 3.51. The number of amides is 2. The second-order valence-corrected chi connectivity index (χ2v) is 13.9. The summed E-state index contributed by atoms with van der Waals surface area (Å²) in [5, 5.41) is 8.05. The molecule has 13 heteroatoms. The topological polar surface area (TPSA) is 84.6 Å². The number of hydrogen-bond acceptors (Lipinski definition) is 5. The third kappa shape index (κ3) is 8.94. The van der Waals surface area contributed by atoms with Gasteiger partial charge in [-0.1, -0.05) is 63.7 Å². The molecule has 1 aliphatic rings. The standard InChI is InChI=1S/C35H38F4N6O2S/c1-22(2)29-18-26(36)10-15-30(29)45-23(3)16-17-48-33(45)42-32(46)40-20-34(4,5)19-24-6-8-25(9-7-24)31-41-21-44(43-31)27-11-13-28(14-12-27)47-35(37,38)39/h6-15,18,21-23H,16-17,19-20H2,1-5H3,(H,40,46). The number of nitrogens with zero attached hydrogens (tertiary/aromatic N) is 5. The molecular weight excluding hydrogens is 644 g/mol. The molecule has 1 N–H and O–H groups in total. The second-order valence-electron chi connectivity index (χ2n) is 12.9. The Labute approximate surface area is 281 Å². The molecule has 4 aromatic rings. The van der Waals surface area contributed by atoms with E-state index < -0.39 is 12.4 Å². The molecule has 1 aromatic heterocycles. The largest absolute Gasteiger partial charge is 0.573 e. The quantitative estimate of drug-likeness (QED) is 0.178. The number of benzene rings is 3. The maximum atomic E-state index is 14.1. The van der Waals surface area contributed by atoms with Crippen molar-refractivity contribution in [2.75, 3.05) is 17.2 Å². The van der Waals surface area contributed by atoms with Crippen molar-refractivity contribution in [3.8, 4) is 22.8 Å². The van der Waals surface area contributed by atoms with E-state index in [1.54, 1.807) is 12.1 Å². The van der Waals surface area contributed by atoms with Gasteiger partial charge in [-0.05, 0) is 84.7 Å². The van der Waals surface area contributed by atoms with Gasteiger partial charge in [0, 0.05) is 29.6 Å². The first-order valence-electron chi connectivity index (χ1n) is 15.6. The molecule has 0 aliphatic carbocycles. The minimum atomic E-state index is -4.76. The van der Waals surface area contributed by atoms with Gasteiger partial charge in [-0.15, -0.1) is 18.3 Å². The van der Waals surface area contributed by atoms with Gasteiger partial charge in [-0.3, -0.25) is 0 Å². The molecule has 254 valence electrons. The fourth-order valence-corrected chi connectivity index (χ4v) is 6.70. The van der Waals surface area contributed by atoms with E-state index >= 15 is 0 Å². The van der Waals surface area contributed by atoms with E-state index in [1.807, 2.05) is 38.1 Å². The molecule has 1 unspecified atom stereocenters.